The van der Waals surface area contributed by atoms with Gasteiger partial charge < -0.3 is 14.4 Å². The molecule has 0 aromatic heterocycles. The maximum Gasteiger partial charge on any atom is 0.307 e. The van der Waals surface area contributed by atoms with Crippen molar-refractivity contribution < 1.29 is 19.1 Å². The van der Waals surface area contributed by atoms with Crippen LogP contribution in [0.3, 0.4) is 0 Å². The van der Waals surface area contributed by atoms with Gasteiger partial charge in [0.25, 0.3) is 5.91 Å². The van der Waals surface area contributed by atoms with Crippen LogP contribution in [0.5, 0.6) is 0 Å². The van der Waals surface area contributed by atoms with Crippen LogP contribution in [0.1, 0.15) is 44.9 Å². The van der Waals surface area contributed by atoms with E-state index >= 15 is 0 Å². The Morgan fingerprint density at radius 1 is 1.21 bits per heavy atom. The van der Waals surface area contributed by atoms with Gasteiger partial charge in [0, 0.05) is 19.2 Å². The molecule has 0 aromatic carbocycles. The Bertz CT molecular complexity index is 319. The number of carbonyl (C=O) groups is 2. The molecular formula is C14H23NO4. The molecule has 1 aliphatic heterocycles. The second kappa shape index (κ2) is 6.89. The van der Waals surface area contributed by atoms with Crippen LogP contribution in [0.4, 0.5) is 0 Å². The van der Waals surface area contributed by atoms with E-state index in [0.717, 1.165) is 38.5 Å². The summed E-state index contributed by atoms with van der Waals surface area (Å²) in [6, 6.07) is 0.279. The molecule has 0 aromatic rings. The van der Waals surface area contributed by atoms with E-state index in [-0.39, 0.29) is 30.4 Å². The number of esters is 1. The first-order valence-electron chi connectivity index (χ1n) is 7.21. The maximum absolute atomic E-state index is 12.5. The Morgan fingerprint density at radius 2 is 1.95 bits per heavy atom. The van der Waals surface area contributed by atoms with Crippen molar-refractivity contribution in [2.24, 2.45) is 0 Å². The highest BCUT2D eigenvalue weighted by atomic mass is 16.5. The molecule has 1 atom stereocenters. The van der Waals surface area contributed by atoms with Crippen LogP contribution in [-0.2, 0) is 19.1 Å². The van der Waals surface area contributed by atoms with Crippen LogP contribution in [0, 0.1) is 0 Å². The Morgan fingerprint density at radius 3 is 2.53 bits per heavy atom. The molecule has 2 rings (SSSR count). The smallest absolute Gasteiger partial charge is 0.307 e. The molecule has 19 heavy (non-hydrogen) atoms. The molecule has 2 aliphatic rings. The zero-order valence-corrected chi connectivity index (χ0v) is 11.6. The summed E-state index contributed by atoms with van der Waals surface area (Å²) in [4.78, 5) is 25.6. The summed E-state index contributed by atoms with van der Waals surface area (Å²) in [6.45, 7) is 1.13. The third-order valence-electron chi connectivity index (χ3n) is 4.04. The molecule has 1 heterocycles. The third kappa shape index (κ3) is 3.69. The van der Waals surface area contributed by atoms with Gasteiger partial charge in [-0.25, -0.2) is 0 Å². The second-order valence-electron chi connectivity index (χ2n) is 5.30. The van der Waals surface area contributed by atoms with E-state index in [1.807, 2.05) is 4.90 Å². The van der Waals surface area contributed by atoms with Gasteiger partial charge in [0.1, 0.15) is 6.10 Å². The Labute approximate surface area is 114 Å². The Hall–Kier alpha value is -1.10. The minimum atomic E-state index is -0.293. The normalized spacial score (nSPS) is 23.5. The lowest BCUT2D eigenvalue weighted by molar-refractivity contribution is -0.146. The van der Waals surface area contributed by atoms with Crippen molar-refractivity contribution in [3.63, 3.8) is 0 Å². The molecule has 5 nitrogen and oxygen atoms in total. The first-order chi connectivity index (χ1) is 9.22. The molecule has 0 N–H and O–H groups in total. The predicted octanol–water partition coefficient (Wildman–Crippen LogP) is 1.50. The van der Waals surface area contributed by atoms with Crippen molar-refractivity contribution >= 4 is 11.9 Å². The fourth-order valence-corrected chi connectivity index (χ4v) is 2.96. The first-order valence-corrected chi connectivity index (χ1v) is 7.21. The molecule has 1 aliphatic carbocycles. The highest BCUT2D eigenvalue weighted by Crippen LogP contribution is 2.26. The van der Waals surface area contributed by atoms with Gasteiger partial charge >= 0.3 is 5.97 Å². The number of nitrogens with zero attached hydrogens (tertiary/aromatic N) is 1. The molecule has 108 valence electrons. The van der Waals surface area contributed by atoms with E-state index in [1.165, 1.54) is 7.11 Å². The summed E-state index contributed by atoms with van der Waals surface area (Å²) in [6.07, 6.45) is 6.14. The fraction of sp³-hybridized carbons (Fsp3) is 0.857. The topological polar surface area (TPSA) is 55.8 Å². The standard InChI is InChI=1S/C14H23NO4/c1-18-13(16)8-9-15(11-5-2-3-6-11)14(17)12-7-4-10-19-12/h11-12H,2-10H2,1H3. The van der Waals surface area contributed by atoms with Gasteiger partial charge in [-0.3, -0.25) is 9.59 Å². The van der Waals surface area contributed by atoms with Crippen molar-refractivity contribution in [2.45, 2.75) is 57.1 Å². The lowest BCUT2D eigenvalue weighted by atomic mass is 10.1. The molecule has 2 fully saturated rings. The lowest BCUT2D eigenvalue weighted by Gasteiger charge is -2.30. The SMILES string of the molecule is COC(=O)CCN(C(=O)C1CCCO1)C1CCCC1. The van der Waals surface area contributed by atoms with Crippen LogP contribution >= 0.6 is 0 Å². The molecule has 1 saturated heterocycles. The number of carbonyl (C=O) groups excluding carboxylic acids is 2. The number of ether oxygens (including phenoxy) is 2. The number of rotatable bonds is 5. The molecule has 1 amide bonds. The van der Waals surface area contributed by atoms with E-state index in [4.69, 9.17) is 4.74 Å². The predicted molar refractivity (Wildman–Crippen MR) is 69.6 cm³/mol. The fourth-order valence-electron chi connectivity index (χ4n) is 2.96. The molecule has 1 saturated carbocycles. The summed E-state index contributed by atoms with van der Waals surface area (Å²) in [5.74, 6) is -0.198. The monoisotopic (exact) mass is 269 g/mol. The van der Waals surface area contributed by atoms with E-state index in [0.29, 0.717) is 13.2 Å². The van der Waals surface area contributed by atoms with Gasteiger partial charge in [0.2, 0.25) is 0 Å². The van der Waals surface area contributed by atoms with Crippen molar-refractivity contribution in [2.75, 3.05) is 20.3 Å². The average Bonchev–Trinajstić information content (AvgIpc) is 3.11. The van der Waals surface area contributed by atoms with Crippen molar-refractivity contribution in [1.29, 1.82) is 0 Å². The first kappa shape index (κ1) is 14.3. The van der Waals surface area contributed by atoms with Gasteiger partial charge in [0.05, 0.1) is 13.5 Å². The summed E-state index contributed by atoms with van der Waals surface area (Å²) < 4.78 is 10.1. The minimum absolute atomic E-state index is 0.0632. The van der Waals surface area contributed by atoms with E-state index in [9.17, 15) is 9.59 Å². The molecular weight excluding hydrogens is 246 g/mol. The molecule has 1 unspecified atom stereocenters. The summed E-state index contributed by atoms with van der Waals surface area (Å²) >= 11 is 0. The van der Waals surface area contributed by atoms with Crippen LogP contribution in [0.25, 0.3) is 0 Å². The number of amides is 1. The van der Waals surface area contributed by atoms with E-state index in [2.05, 4.69) is 4.74 Å². The van der Waals surface area contributed by atoms with Crippen LogP contribution in [0.2, 0.25) is 0 Å². The van der Waals surface area contributed by atoms with Crippen LogP contribution < -0.4 is 0 Å². The minimum Gasteiger partial charge on any atom is -0.469 e. The Kier molecular flexibility index (Phi) is 5.19. The van der Waals surface area contributed by atoms with Crippen LogP contribution in [0.15, 0.2) is 0 Å². The maximum atomic E-state index is 12.5. The van der Waals surface area contributed by atoms with Gasteiger partial charge in [-0.1, -0.05) is 12.8 Å². The van der Waals surface area contributed by atoms with Gasteiger partial charge in [-0.05, 0) is 25.7 Å². The molecule has 0 spiro atoms. The summed E-state index contributed by atoms with van der Waals surface area (Å²) in [7, 11) is 1.38. The summed E-state index contributed by atoms with van der Waals surface area (Å²) in [5.41, 5.74) is 0. The third-order valence-corrected chi connectivity index (χ3v) is 4.04. The van der Waals surface area contributed by atoms with Gasteiger partial charge in [0.15, 0.2) is 0 Å². The van der Waals surface area contributed by atoms with Crippen molar-refractivity contribution in [3.8, 4) is 0 Å². The van der Waals surface area contributed by atoms with Gasteiger partial charge in [-0.15, -0.1) is 0 Å². The van der Waals surface area contributed by atoms with E-state index in [1.54, 1.807) is 0 Å². The molecule has 0 bridgehead atoms. The van der Waals surface area contributed by atoms with Crippen molar-refractivity contribution in [3.05, 3.63) is 0 Å². The zero-order valence-electron chi connectivity index (χ0n) is 11.6. The second-order valence-corrected chi connectivity index (χ2v) is 5.30. The zero-order chi connectivity index (χ0) is 13.7. The molecule has 5 heteroatoms. The number of hydrogen-bond acceptors (Lipinski definition) is 4. The number of methoxy groups -OCH3 is 1. The van der Waals surface area contributed by atoms with Gasteiger partial charge in [-0.2, -0.15) is 0 Å². The average molecular weight is 269 g/mol. The summed E-state index contributed by atoms with van der Waals surface area (Å²) in [5, 5.41) is 0. The number of hydrogen-bond donors (Lipinski definition) is 0. The lowest BCUT2D eigenvalue weighted by Crippen LogP contribution is -2.45. The van der Waals surface area contributed by atoms with Crippen molar-refractivity contribution in [1.82, 2.24) is 4.90 Å². The highest BCUT2D eigenvalue weighted by Gasteiger charge is 2.33. The Balaban J connectivity index is 1.95. The largest absolute Gasteiger partial charge is 0.469 e. The quantitative estimate of drug-likeness (QED) is 0.710. The molecule has 0 radical (unpaired) electrons. The van der Waals surface area contributed by atoms with E-state index < -0.39 is 0 Å². The highest BCUT2D eigenvalue weighted by molar-refractivity contribution is 5.82. The van der Waals surface area contributed by atoms with Crippen LogP contribution in [-0.4, -0.2) is 49.2 Å².